The molecule has 1 saturated heterocycles. The lowest BCUT2D eigenvalue weighted by atomic mass is 10.1. The molecule has 2 amide bonds. The number of methoxy groups -OCH3 is 1. The molecule has 8 heteroatoms. The van der Waals surface area contributed by atoms with Gasteiger partial charge in [0.15, 0.2) is 11.5 Å². The van der Waals surface area contributed by atoms with Crippen LogP contribution in [0, 0.1) is 0 Å². The van der Waals surface area contributed by atoms with Crippen LogP contribution >= 0.6 is 0 Å². The highest BCUT2D eigenvalue weighted by atomic mass is 16.5. The summed E-state index contributed by atoms with van der Waals surface area (Å²) in [5.74, 6) is 1.62. The van der Waals surface area contributed by atoms with E-state index < -0.39 is 0 Å². The van der Waals surface area contributed by atoms with Crippen LogP contribution in [0.2, 0.25) is 0 Å². The number of piperazine rings is 1. The van der Waals surface area contributed by atoms with Crippen molar-refractivity contribution in [2.45, 2.75) is 19.8 Å². The van der Waals surface area contributed by atoms with Crippen molar-refractivity contribution in [2.24, 2.45) is 0 Å². The van der Waals surface area contributed by atoms with Gasteiger partial charge in [0, 0.05) is 37.3 Å². The fourth-order valence-electron chi connectivity index (χ4n) is 5.49. The van der Waals surface area contributed by atoms with Crippen molar-refractivity contribution in [3.05, 3.63) is 155 Å². The first-order valence-corrected chi connectivity index (χ1v) is 16.0. The Balaban J connectivity index is 1.26. The van der Waals surface area contributed by atoms with Gasteiger partial charge < -0.3 is 28.7 Å². The van der Waals surface area contributed by atoms with Gasteiger partial charge in [0.1, 0.15) is 25.6 Å². The molecule has 5 aromatic rings. The predicted molar refractivity (Wildman–Crippen MR) is 184 cm³/mol. The minimum absolute atomic E-state index is 0.0888. The molecule has 0 N–H and O–H groups in total. The largest absolute Gasteiger partial charge is 0.497 e. The zero-order chi connectivity index (χ0) is 33.1. The molecule has 5 aromatic carbocycles. The minimum Gasteiger partial charge on any atom is -0.497 e. The molecule has 0 saturated carbocycles. The van der Waals surface area contributed by atoms with E-state index in [-0.39, 0.29) is 25.0 Å². The molecular formula is C40H38N2O6. The molecule has 6 rings (SSSR count). The Morgan fingerprint density at radius 2 is 0.958 bits per heavy atom. The Kier molecular flexibility index (Phi) is 10.5. The summed E-state index contributed by atoms with van der Waals surface area (Å²) in [5, 5.41) is 0. The molecule has 1 aliphatic rings. The monoisotopic (exact) mass is 642 g/mol. The maximum absolute atomic E-state index is 14.0. The van der Waals surface area contributed by atoms with Crippen LogP contribution in [0.25, 0.3) is 0 Å². The zero-order valence-corrected chi connectivity index (χ0v) is 26.9. The summed E-state index contributed by atoms with van der Waals surface area (Å²) >= 11 is 0. The Labute approximate surface area is 281 Å². The zero-order valence-electron chi connectivity index (χ0n) is 26.9. The number of hydrogen-bond acceptors (Lipinski definition) is 6. The van der Waals surface area contributed by atoms with E-state index >= 15 is 0 Å². The smallest absolute Gasteiger partial charge is 0.254 e. The maximum atomic E-state index is 14.0. The van der Waals surface area contributed by atoms with E-state index in [0.717, 1.165) is 16.7 Å². The van der Waals surface area contributed by atoms with E-state index in [0.29, 0.717) is 66.9 Å². The third kappa shape index (κ3) is 8.14. The lowest BCUT2D eigenvalue weighted by molar-refractivity contribution is 0.0535. The quantitative estimate of drug-likeness (QED) is 0.146. The van der Waals surface area contributed by atoms with Gasteiger partial charge in [-0.25, -0.2) is 0 Å². The molecule has 0 aliphatic carbocycles. The van der Waals surface area contributed by atoms with Crippen molar-refractivity contribution in [3.63, 3.8) is 0 Å². The van der Waals surface area contributed by atoms with Crippen LogP contribution in [0.4, 0.5) is 0 Å². The molecule has 1 heterocycles. The topological polar surface area (TPSA) is 77.5 Å². The van der Waals surface area contributed by atoms with Gasteiger partial charge in [0.2, 0.25) is 5.75 Å². The predicted octanol–water partition coefficient (Wildman–Crippen LogP) is 7.03. The van der Waals surface area contributed by atoms with Crippen molar-refractivity contribution >= 4 is 11.8 Å². The average molecular weight is 643 g/mol. The van der Waals surface area contributed by atoms with Gasteiger partial charge in [0.05, 0.1) is 7.11 Å². The molecule has 0 spiro atoms. The van der Waals surface area contributed by atoms with Crippen LogP contribution in [-0.4, -0.2) is 54.9 Å². The number of benzene rings is 5. The highest BCUT2D eigenvalue weighted by Crippen LogP contribution is 2.41. The molecule has 1 aliphatic heterocycles. The lowest BCUT2D eigenvalue weighted by Gasteiger charge is -2.35. The molecule has 0 unspecified atom stereocenters. The second-order valence-electron chi connectivity index (χ2n) is 11.4. The van der Waals surface area contributed by atoms with E-state index in [4.69, 9.17) is 18.9 Å². The van der Waals surface area contributed by atoms with Gasteiger partial charge in [-0.1, -0.05) is 97.1 Å². The highest BCUT2D eigenvalue weighted by Gasteiger charge is 2.28. The molecule has 0 aromatic heterocycles. The minimum atomic E-state index is -0.174. The van der Waals surface area contributed by atoms with Crippen LogP contribution in [0.5, 0.6) is 23.0 Å². The van der Waals surface area contributed by atoms with Gasteiger partial charge >= 0.3 is 0 Å². The van der Waals surface area contributed by atoms with Crippen molar-refractivity contribution in [2.75, 3.05) is 33.3 Å². The van der Waals surface area contributed by atoms with Crippen molar-refractivity contribution in [1.29, 1.82) is 0 Å². The Morgan fingerprint density at radius 3 is 1.42 bits per heavy atom. The Bertz CT molecular complexity index is 1740. The number of nitrogens with zero attached hydrogens (tertiary/aromatic N) is 2. The van der Waals surface area contributed by atoms with E-state index in [1.807, 2.05) is 91.0 Å². The highest BCUT2D eigenvalue weighted by molar-refractivity contribution is 5.97. The fourth-order valence-corrected chi connectivity index (χ4v) is 5.49. The summed E-state index contributed by atoms with van der Waals surface area (Å²) in [7, 11) is 1.58. The number of rotatable bonds is 12. The number of hydrogen-bond donors (Lipinski definition) is 0. The SMILES string of the molecule is COc1cccc(C(=O)N2CCN(C(=O)c3cc(OCc4ccccc4)c(OCc4ccccc4)c(OCc4ccccc4)c3)CC2)c1. The Morgan fingerprint density at radius 1 is 0.521 bits per heavy atom. The van der Waals surface area contributed by atoms with Crippen molar-refractivity contribution in [3.8, 4) is 23.0 Å². The van der Waals surface area contributed by atoms with E-state index in [9.17, 15) is 9.59 Å². The Hall–Kier alpha value is -5.76. The normalized spacial score (nSPS) is 12.7. The number of carbonyl (C=O) groups is 2. The maximum Gasteiger partial charge on any atom is 0.254 e. The molecule has 244 valence electrons. The van der Waals surface area contributed by atoms with Crippen molar-refractivity contribution < 1.29 is 28.5 Å². The van der Waals surface area contributed by atoms with Gasteiger partial charge in [-0.2, -0.15) is 0 Å². The molecule has 8 nitrogen and oxygen atoms in total. The third-order valence-electron chi connectivity index (χ3n) is 8.14. The van der Waals surface area contributed by atoms with Crippen LogP contribution < -0.4 is 18.9 Å². The molecule has 48 heavy (non-hydrogen) atoms. The van der Waals surface area contributed by atoms with Crippen LogP contribution in [0.3, 0.4) is 0 Å². The number of ether oxygens (including phenoxy) is 4. The van der Waals surface area contributed by atoms with Gasteiger partial charge in [-0.3, -0.25) is 9.59 Å². The first kappa shape index (κ1) is 32.2. The summed E-state index contributed by atoms with van der Waals surface area (Å²) in [6, 6.07) is 40.1. The summed E-state index contributed by atoms with van der Waals surface area (Å²) in [6.07, 6.45) is 0. The summed E-state index contributed by atoms with van der Waals surface area (Å²) in [5.41, 5.74) is 3.92. The standard InChI is InChI=1S/C40H38N2O6/c1-45-35-19-11-18-33(24-35)39(43)41-20-22-42(23-21-41)40(44)34-25-36(46-27-30-12-5-2-6-13-30)38(48-29-32-16-9-4-10-17-32)37(26-34)47-28-31-14-7-3-8-15-31/h2-19,24-26H,20-23,27-29H2,1H3. The van der Waals surface area contributed by atoms with Crippen molar-refractivity contribution in [1.82, 2.24) is 9.80 Å². The molecule has 1 fully saturated rings. The van der Waals surface area contributed by atoms with Gasteiger partial charge in [-0.05, 0) is 47.0 Å². The summed E-state index contributed by atoms with van der Waals surface area (Å²) < 4.78 is 24.4. The van der Waals surface area contributed by atoms with Crippen LogP contribution in [0.1, 0.15) is 37.4 Å². The van der Waals surface area contributed by atoms with Crippen LogP contribution in [0.15, 0.2) is 127 Å². The summed E-state index contributed by atoms with van der Waals surface area (Å²) in [4.78, 5) is 30.8. The van der Waals surface area contributed by atoms with Gasteiger partial charge in [0.25, 0.3) is 11.8 Å². The van der Waals surface area contributed by atoms with Gasteiger partial charge in [-0.15, -0.1) is 0 Å². The second-order valence-corrected chi connectivity index (χ2v) is 11.4. The first-order valence-electron chi connectivity index (χ1n) is 16.0. The number of amides is 2. The van der Waals surface area contributed by atoms with E-state index in [1.165, 1.54) is 0 Å². The second kappa shape index (κ2) is 15.7. The summed E-state index contributed by atoms with van der Waals surface area (Å²) in [6.45, 7) is 2.46. The molecular weight excluding hydrogens is 604 g/mol. The molecule has 0 atom stereocenters. The third-order valence-corrected chi connectivity index (χ3v) is 8.14. The lowest BCUT2D eigenvalue weighted by Crippen LogP contribution is -2.50. The molecule has 0 radical (unpaired) electrons. The fraction of sp³-hybridized carbons (Fsp3) is 0.200. The number of carbonyl (C=O) groups excluding carboxylic acids is 2. The van der Waals surface area contributed by atoms with E-state index in [1.54, 1.807) is 53.3 Å². The van der Waals surface area contributed by atoms with E-state index in [2.05, 4.69) is 0 Å². The molecule has 0 bridgehead atoms. The average Bonchev–Trinajstić information content (AvgIpc) is 3.16. The van der Waals surface area contributed by atoms with Crippen LogP contribution in [-0.2, 0) is 19.8 Å². The first-order chi connectivity index (χ1) is 23.6.